The van der Waals surface area contributed by atoms with Gasteiger partial charge in [0, 0.05) is 5.38 Å². The molecule has 1 amide bonds. The summed E-state index contributed by atoms with van der Waals surface area (Å²) in [6, 6.07) is 10.7. The Morgan fingerprint density at radius 3 is 2.76 bits per heavy atom. The zero-order chi connectivity index (χ0) is 17.5. The van der Waals surface area contributed by atoms with Gasteiger partial charge in [0.05, 0.1) is 23.8 Å². The van der Waals surface area contributed by atoms with E-state index in [9.17, 15) is 4.79 Å². The number of rotatable bonds is 7. The van der Waals surface area contributed by atoms with Crippen LogP contribution >= 0.6 is 11.3 Å². The van der Waals surface area contributed by atoms with Crippen molar-refractivity contribution >= 4 is 17.2 Å². The van der Waals surface area contributed by atoms with Gasteiger partial charge in [0.2, 0.25) is 5.91 Å². The fourth-order valence-corrected chi connectivity index (χ4v) is 4.26. The van der Waals surface area contributed by atoms with Crippen LogP contribution in [0.15, 0.2) is 35.7 Å². The number of hydrogen-bond acceptors (Lipinski definition) is 4. The first kappa shape index (κ1) is 18.1. The van der Waals surface area contributed by atoms with E-state index in [1.165, 1.54) is 5.56 Å². The average molecular weight is 358 g/mol. The number of nitrogens with one attached hydrogen (secondary N) is 1. The molecule has 2 aromatic rings. The van der Waals surface area contributed by atoms with Crippen LogP contribution < -0.4 is 5.32 Å². The first-order chi connectivity index (χ1) is 12.2. The normalized spacial score (nSPS) is 16.0. The molecule has 1 fully saturated rings. The standard InChI is InChI=1S/C20H27N3OS/c1-2-6-20-22-18(15-25-20)13-21-19(24)14-23-11-9-17(10-12-23)16-7-4-3-5-8-16/h3-5,7-8,15,17H,2,6,9-14H2,1H3,(H,21,24). The van der Waals surface area contributed by atoms with Gasteiger partial charge in [-0.2, -0.15) is 0 Å². The molecule has 134 valence electrons. The Morgan fingerprint density at radius 1 is 1.28 bits per heavy atom. The van der Waals surface area contributed by atoms with Crippen molar-refractivity contribution in [1.29, 1.82) is 0 Å². The van der Waals surface area contributed by atoms with Crippen molar-refractivity contribution in [2.24, 2.45) is 0 Å². The molecule has 1 saturated heterocycles. The highest BCUT2D eigenvalue weighted by Crippen LogP contribution is 2.27. The highest BCUT2D eigenvalue weighted by atomic mass is 32.1. The predicted molar refractivity (Wildman–Crippen MR) is 103 cm³/mol. The Kier molecular flexibility index (Phi) is 6.59. The van der Waals surface area contributed by atoms with E-state index in [0.29, 0.717) is 19.0 Å². The van der Waals surface area contributed by atoms with Gasteiger partial charge in [-0.3, -0.25) is 9.69 Å². The van der Waals surface area contributed by atoms with E-state index in [-0.39, 0.29) is 5.91 Å². The third kappa shape index (κ3) is 5.38. The first-order valence-corrected chi connectivity index (χ1v) is 10.1. The summed E-state index contributed by atoms with van der Waals surface area (Å²) < 4.78 is 0. The van der Waals surface area contributed by atoms with Crippen molar-refractivity contribution in [3.8, 4) is 0 Å². The van der Waals surface area contributed by atoms with Crippen LogP contribution in [-0.4, -0.2) is 35.4 Å². The minimum absolute atomic E-state index is 0.100. The summed E-state index contributed by atoms with van der Waals surface area (Å²) in [4.78, 5) is 19.0. The maximum Gasteiger partial charge on any atom is 0.234 e. The second-order valence-electron chi connectivity index (χ2n) is 6.72. The van der Waals surface area contributed by atoms with Crippen molar-refractivity contribution in [2.45, 2.75) is 45.1 Å². The average Bonchev–Trinajstić information content (AvgIpc) is 3.09. The van der Waals surface area contributed by atoms with E-state index < -0.39 is 0 Å². The third-order valence-corrected chi connectivity index (χ3v) is 5.71. The van der Waals surface area contributed by atoms with Crippen molar-refractivity contribution in [3.05, 3.63) is 52.0 Å². The number of aryl methyl sites for hydroxylation is 1. The van der Waals surface area contributed by atoms with Gasteiger partial charge in [0.15, 0.2) is 0 Å². The summed E-state index contributed by atoms with van der Waals surface area (Å²) in [5.74, 6) is 0.732. The van der Waals surface area contributed by atoms with Crippen LogP contribution in [0.3, 0.4) is 0 Å². The number of likely N-dealkylation sites (tertiary alicyclic amines) is 1. The molecule has 5 heteroatoms. The lowest BCUT2D eigenvalue weighted by atomic mass is 9.89. The second-order valence-corrected chi connectivity index (χ2v) is 7.66. The zero-order valence-corrected chi connectivity index (χ0v) is 15.7. The molecule has 1 aromatic carbocycles. The van der Waals surface area contributed by atoms with Crippen LogP contribution in [0.25, 0.3) is 0 Å². The molecule has 0 unspecified atom stereocenters. The molecule has 0 radical (unpaired) electrons. The molecule has 0 spiro atoms. The van der Waals surface area contributed by atoms with Crippen LogP contribution in [0.5, 0.6) is 0 Å². The minimum Gasteiger partial charge on any atom is -0.349 e. The van der Waals surface area contributed by atoms with Crippen LogP contribution in [0.2, 0.25) is 0 Å². The lowest BCUT2D eigenvalue weighted by Crippen LogP contribution is -2.41. The monoisotopic (exact) mass is 357 g/mol. The number of benzene rings is 1. The SMILES string of the molecule is CCCc1nc(CNC(=O)CN2CCC(c3ccccc3)CC2)cs1. The molecule has 1 aliphatic heterocycles. The number of amides is 1. The predicted octanol–water partition coefficient (Wildman–Crippen LogP) is 3.59. The van der Waals surface area contributed by atoms with Crippen molar-refractivity contribution in [1.82, 2.24) is 15.2 Å². The number of nitrogens with zero attached hydrogens (tertiary/aromatic N) is 2. The quantitative estimate of drug-likeness (QED) is 0.824. The molecule has 1 N–H and O–H groups in total. The molecular formula is C20H27N3OS. The maximum atomic E-state index is 12.2. The Morgan fingerprint density at radius 2 is 2.04 bits per heavy atom. The molecule has 1 aromatic heterocycles. The molecule has 1 aliphatic rings. The van der Waals surface area contributed by atoms with Crippen molar-refractivity contribution < 1.29 is 4.79 Å². The Bertz CT molecular complexity index is 663. The number of piperidine rings is 1. The number of aromatic nitrogens is 1. The molecule has 25 heavy (non-hydrogen) atoms. The number of thiazole rings is 1. The van der Waals surface area contributed by atoms with Crippen LogP contribution in [0.1, 0.15) is 48.4 Å². The fraction of sp³-hybridized carbons (Fsp3) is 0.500. The number of hydrogen-bond donors (Lipinski definition) is 1. The Labute approximate surface area is 154 Å². The van der Waals surface area contributed by atoms with Crippen LogP contribution in [-0.2, 0) is 17.8 Å². The highest BCUT2D eigenvalue weighted by molar-refractivity contribution is 7.09. The molecular weight excluding hydrogens is 330 g/mol. The summed E-state index contributed by atoms with van der Waals surface area (Å²) in [7, 11) is 0. The topological polar surface area (TPSA) is 45.2 Å². The van der Waals surface area contributed by atoms with E-state index in [4.69, 9.17) is 0 Å². The Hall–Kier alpha value is -1.72. The molecule has 4 nitrogen and oxygen atoms in total. The van der Waals surface area contributed by atoms with E-state index in [1.54, 1.807) is 11.3 Å². The first-order valence-electron chi connectivity index (χ1n) is 9.22. The molecule has 2 heterocycles. The number of carbonyl (C=O) groups excluding carboxylic acids is 1. The van der Waals surface area contributed by atoms with Gasteiger partial charge in [0.25, 0.3) is 0 Å². The maximum absolute atomic E-state index is 12.2. The zero-order valence-electron chi connectivity index (χ0n) is 14.9. The summed E-state index contributed by atoms with van der Waals surface area (Å²) >= 11 is 1.69. The third-order valence-electron chi connectivity index (χ3n) is 4.76. The second kappa shape index (κ2) is 9.11. The van der Waals surface area contributed by atoms with Gasteiger partial charge in [-0.05, 0) is 50.3 Å². The van der Waals surface area contributed by atoms with Crippen LogP contribution in [0, 0.1) is 0 Å². The van der Waals surface area contributed by atoms with Crippen LogP contribution in [0.4, 0.5) is 0 Å². The van der Waals surface area contributed by atoms with E-state index in [0.717, 1.165) is 49.5 Å². The lowest BCUT2D eigenvalue weighted by Gasteiger charge is -2.31. The fourth-order valence-electron chi connectivity index (χ4n) is 3.36. The summed E-state index contributed by atoms with van der Waals surface area (Å²) in [6.07, 6.45) is 4.39. The van der Waals surface area contributed by atoms with E-state index in [2.05, 4.69) is 57.8 Å². The largest absolute Gasteiger partial charge is 0.349 e. The van der Waals surface area contributed by atoms with Gasteiger partial charge in [0.1, 0.15) is 0 Å². The van der Waals surface area contributed by atoms with E-state index in [1.807, 2.05) is 0 Å². The van der Waals surface area contributed by atoms with Gasteiger partial charge in [-0.15, -0.1) is 11.3 Å². The van der Waals surface area contributed by atoms with Crippen molar-refractivity contribution in [2.75, 3.05) is 19.6 Å². The summed E-state index contributed by atoms with van der Waals surface area (Å²) in [5.41, 5.74) is 2.41. The molecule has 0 aliphatic carbocycles. The summed E-state index contributed by atoms with van der Waals surface area (Å²) in [6.45, 7) is 5.17. The van der Waals surface area contributed by atoms with E-state index >= 15 is 0 Å². The van der Waals surface area contributed by atoms with Gasteiger partial charge < -0.3 is 5.32 Å². The number of carbonyl (C=O) groups is 1. The molecule has 0 bridgehead atoms. The van der Waals surface area contributed by atoms with Gasteiger partial charge >= 0.3 is 0 Å². The Balaban J connectivity index is 1.39. The molecule has 0 atom stereocenters. The van der Waals surface area contributed by atoms with Crippen molar-refractivity contribution in [3.63, 3.8) is 0 Å². The van der Waals surface area contributed by atoms with Gasteiger partial charge in [-0.25, -0.2) is 4.98 Å². The van der Waals surface area contributed by atoms with Gasteiger partial charge in [-0.1, -0.05) is 37.3 Å². The molecule has 0 saturated carbocycles. The highest BCUT2D eigenvalue weighted by Gasteiger charge is 2.21. The molecule has 3 rings (SSSR count). The smallest absolute Gasteiger partial charge is 0.234 e. The minimum atomic E-state index is 0.100. The summed E-state index contributed by atoms with van der Waals surface area (Å²) in [5, 5.41) is 6.22. The lowest BCUT2D eigenvalue weighted by molar-refractivity contribution is -0.122.